The molecule has 5 heteroatoms. The predicted molar refractivity (Wildman–Crippen MR) is 94.7 cm³/mol. The van der Waals surface area contributed by atoms with Crippen LogP contribution in [0.5, 0.6) is 0 Å². The Morgan fingerprint density at radius 2 is 2.12 bits per heavy atom. The summed E-state index contributed by atoms with van der Waals surface area (Å²) >= 11 is 0. The molecule has 0 saturated carbocycles. The highest BCUT2D eigenvalue weighted by Gasteiger charge is 2.21. The number of nitrogens with zero attached hydrogens (tertiary/aromatic N) is 2. The van der Waals surface area contributed by atoms with Crippen molar-refractivity contribution in [2.24, 2.45) is 5.92 Å². The van der Waals surface area contributed by atoms with Gasteiger partial charge in [-0.2, -0.15) is 0 Å². The summed E-state index contributed by atoms with van der Waals surface area (Å²) < 4.78 is 0. The van der Waals surface area contributed by atoms with Gasteiger partial charge in [0.05, 0.1) is 0 Å². The third-order valence-corrected chi connectivity index (χ3v) is 4.92. The number of nitrogens with one attached hydrogen (secondary N) is 1. The zero-order valence-electron chi connectivity index (χ0n) is 14.5. The Morgan fingerprint density at radius 1 is 1.25 bits per heavy atom. The van der Waals surface area contributed by atoms with Crippen molar-refractivity contribution < 1.29 is 9.59 Å². The second-order valence-corrected chi connectivity index (χ2v) is 7.10. The van der Waals surface area contributed by atoms with Crippen molar-refractivity contribution in [2.45, 2.75) is 45.6 Å². The largest absolute Gasteiger partial charge is 0.338 e. The standard InChI is InChI=1S/C19H27N3O2/c1-15-6-5-11-22(13-15)19(24)20-17-8-4-7-16(12-17)14-21-10-3-2-9-18(21)23/h4,7-8,12,15H,2-3,5-6,9-11,13-14H2,1H3,(H,20,24)/t15-/m1/s1. The normalized spacial score (nSPS) is 21.7. The second kappa shape index (κ2) is 7.69. The first kappa shape index (κ1) is 16.8. The lowest BCUT2D eigenvalue weighted by Crippen LogP contribution is -2.41. The molecule has 0 bridgehead atoms. The molecule has 0 radical (unpaired) electrons. The third-order valence-electron chi connectivity index (χ3n) is 4.92. The number of urea groups is 1. The van der Waals surface area contributed by atoms with Crippen LogP contribution in [0.1, 0.15) is 44.6 Å². The number of hydrogen-bond acceptors (Lipinski definition) is 2. The molecule has 5 nitrogen and oxygen atoms in total. The van der Waals surface area contributed by atoms with Gasteiger partial charge in [0.2, 0.25) is 5.91 Å². The van der Waals surface area contributed by atoms with Gasteiger partial charge < -0.3 is 15.1 Å². The Hall–Kier alpha value is -2.04. The average Bonchev–Trinajstić information content (AvgIpc) is 2.57. The molecule has 1 N–H and O–H groups in total. The summed E-state index contributed by atoms with van der Waals surface area (Å²) in [5, 5.41) is 3.00. The molecule has 130 valence electrons. The summed E-state index contributed by atoms with van der Waals surface area (Å²) in [6, 6.07) is 7.83. The maximum absolute atomic E-state index is 12.4. The van der Waals surface area contributed by atoms with E-state index in [-0.39, 0.29) is 11.9 Å². The van der Waals surface area contributed by atoms with Crippen LogP contribution in [0, 0.1) is 5.92 Å². The van der Waals surface area contributed by atoms with Crippen LogP contribution in [0.15, 0.2) is 24.3 Å². The molecule has 24 heavy (non-hydrogen) atoms. The van der Waals surface area contributed by atoms with Crippen molar-refractivity contribution in [2.75, 3.05) is 25.0 Å². The first-order chi connectivity index (χ1) is 11.6. The number of likely N-dealkylation sites (tertiary alicyclic amines) is 2. The van der Waals surface area contributed by atoms with E-state index in [2.05, 4.69) is 12.2 Å². The van der Waals surface area contributed by atoms with Crippen LogP contribution in [0.4, 0.5) is 10.5 Å². The van der Waals surface area contributed by atoms with Gasteiger partial charge in [0.15, 0.2) is 0 Å². The highest BCUT2D eigenvalue weighted by atomic mass is 16.2. The number of anilines is 1. The van der Waals surface area contributed by atoms with E-state index in [1.54, 1.807) is 0 Å². The lowest BCUT2D eigenvalue weighted by molar-refractivity contribution is -0.133. The van der Waals surface area contributed by atoms with Gasteiger partial charge >= 0.3 is 6.03 Å². The zero-order chi connectivity index (χ0) is 16.9. The summed E-state index contributed by atoms with van der Waals surface area (Å²) in [5.74, 6) is 0.805. The topological polar surface area (TPSA) is 52.7 Å². The van der Waals surface area contributed by atoms with Gasteiger partial charge in [0.25, 0.3) is 0 Å². The highest BCUT2D eigenvalue weighted by molar-refractivity contribution is 5.89. The zero-order valence-corrected chi connectivity index (χ0v) is 14.5. The van der Waals surface area contributed by atoms with E-state index < -0.39 is 0 Å². The summed E-state index contributed by atoms with van der Waals surface area (Å²) in [4.78, 5) is 28.2. The summed E-state index contributed by atoms with van der Waals surface area (Å²) in [5.41, 5.74) is 1.87. The smallest absolute Gasteiger partial charge is 0.321 e. The molecule has 0 unspecified atom stereocenters. The van der Waals surface area contributed by atoms with Crippen LogP contribution in [0.2, 0.25) is 0 Å². The number of benzene rings is 1. The maximum Gasteiger partial charge on any atom is 0.321 e. The molecule has 2 heterocycles. The summed E-state index contributed by atoms with van der Waals surface area (Å²) in [6.07, 6.45) is 5.01. The number of carbonyl (C=O) groups excluding carboxylic acids is 2. The molecule has 0 aromatic heterocycles. The van der Waals surface area contributed by atoms with E-state index in [4.69, 9.17) is 0 Å². The van der Waals surface area contributed by atoms with Gasteiger partial charge in [0, 0.05) is 38.3 Å². The fraction of sp³-hybridized carbons (Fsp3) is 0.579. The summed E-state index contributed by atoms with van der Waals surface area (Å²) in [6.45, 7) is 5.31. The van der Waals surface area contributed by atoms with Gasteiger partial charge in [-0.15, -0.1) is 0 Å². The molecule has 1 aromatic carbocycles. The minimum absolute atomic E-state index is 0.0206. The van der Waals surface area contributed by atoms with Gasteiger partial charge in [-0.3, -0.25) is 4.79 Å². The van der Waals surface area contributed by atoms with Gasteiger partial charge in [-0.1, -0.05) is 19.1 Å². The monoisotopic (exact) mass is 329 g/mol. The van der Waals surface area contributed by atoms with Gasteiger partial charge in [0.1, 0.15) is 0 Å². The molecule has 3 amide bonds. The minimum atomic E-state index is -0.0206. The molecule has 2 fully saturated rings. The number of hydrogen-bond donors (Lipinski definition) is 1. The van der Waals surface area contributed by atoms with E-state index in [9.17, 15) is 9.59 Å². The Balaban J connectivity index is 1.60. The molecular weight excluding hydrogens is 302 g/mol. The molecule has 1 atom stereocenters. The van der Waals surface area contributed by atoms with Crippen LogP contribution in [0.3, 0.4) is 0 Å². The lowest BCUT2D eigenvalue weighted by Gasteiger charge is -2.31. The van der Waals surface area contributed by atoms with Crippen molar-refractivity contribution >= 4 is 17.6 Å². The Labute approximate surface area is 144 Å². The minimum Gasteiger partial charge on any atom is -0.338 e. The molecule has 2 saturated heterocycles. The van der Waals surface area contributed by atoms with E-state index in [0.717, 1.165) is 50.1 Å². The number of rotatable bonds is 3. The van der Waals surface area contributed by atoms with E-state index in [1.165, 1.54) is 6.42 Å². The molecule has 1 aromatic rings. The van der Waals surface area contributed by atoms with Crippen LogP contribution in [0.25, 0.3) is 0 Å². The fourth-order valence-electron chi connectivity index (χ4n) is 3.57. The predicted octanol–water partition coefficient (Wildman–Crippen LogP) is 3.46. The van der Waals surface area contributed by atoms with Crippen LogP contribution < -0.4 is 5.32 Å². The fourth-order valence-corrected chi connectivity index (χ4v) is 3.57. The third kappa shape index (κ3) is 4.28. The summed E-state index contributed by atoms with van der Waals surface area (Å²) in [7, 11) is 0. The SMILES string of the molecule is C[C@@H]1CCCN(C(=O)Nc2cccc(CN3CCCCC3=O)c2)C1. The lowest BCUT2D eigenvalue weighted by atomic mass is 10.0. The first-order valence-electron chi connectivity index (χ1n) is 9.04. The van der Waals surface area contributed by atoms with Crippen molar-refractivity contribution in [1.29, 1.82) is 0 Å². The van der Waals surface area contributed by atoms with E-state index in [0.29, 0.717) is 18.9 Å². The first-order valence-corrected chi connectivity index (χ1v) is 9.04. The van der Waals surface area contributed by atoms with Crippen LogP contribution in [-0.2, 0) is 11.3 Å². The molecule has 0 aliphatic carbocycles. The second-order valence-electron chi connectivity index (χ2n) is 7.10. The van der Waals surface area contributed by atoms with Crippen molar-refractivity contribution in [3.63, 3.8) is 0 Å². The Morgan fingerprint density at radius 3 is 2.92 bits per heavy atom. The van der Waals surface area contributed by atoms with Gasteiger partial charge in [-0.25, -0.2) is 4.79 Å². The Bertz CT molecular complexity index is 602. The highest BCUT2D eigenvalue weighted by Crippen LogP contribution is 2.19. The quantitative estimate of drug-likeness (QED) is 0.923. The Kier molecular flexibility index (Phi) is 5.38. The molecule has 2 aliphatic rings. The van der Waals surface area contributed by atoms with Crippen LogP contribution in [-0.4, -0.2) is 41.4 Å². The number of piperidine rings is 2. The maximum atomic E-state index is 12.4. The number of amides is 3. The molecule has 3 rings (SSSR count). The van der Waals surface area contributed by atoms with E-state index >= 15 is 0 Å². The van der Waals surface area contributed by atoms with Crippen LogP contribution >= 0.6 is 0 Å². The van der Waals surface area contributed by atoms with Gasteiger partial charge in [-0.05, 0) is 49.3 Å². The van der Waals surface area contributed by atoms with Crippen molar-refractivity contribution in [3.8, 4) is 0 Å². The van der Waals surface area contributed by atoms with Crippen molar-refractivity contribution in [3.05, 3.63) is 29.8 Å². The van der Waals surface area contributed by atoms with E-state index in [1.807, 2.05) is 34.1 Å². The molecule has 2 aliphatic heterocycles. The van der Waals surface area contributed by atoms with Crippen molar-refractivity contribution in [1.82, 2.24) is 9.80 Å². The molecular formula is C19H27N3O2. The number of carbonyl (C=O) groups is 2. The average molecular weight is 329 g/mol. The molecule has 0 spiro atoms.